The Morgan fingerprint density at radius 3 is 2.80 bits per heavy atom. The normalized spacial score (nSPS) is 28.3. The predicted octanol–water partition coefficient (Wildman–Crippen LogP) is 1.93. The topological polar surface area (TPSA) is 50.9 Å². The minimum Gasteiger partial charge on any atom is -0.382 e. The number of aromatic nitrogens is 1. The van der Waals surface area contributed by atoms with Gasteiger partial charge < -0.3 is 11.1 Å². The van der Waals surface area contributed by atoms with Crippen LogP contribution in [0.1, 0.15) is 26.0 Å². The second kappa shape index (κ2) is 3.49. The number of hydrogen-bond donors (Lipinski definition) is 2. The molecule has 1 fully saturated rings. The Labute approximate surface area is 91.1 Å². The van der Waals surface area contributed by atoms with Crippen molar-refractivity contribution in [3.05, 3.63) is 24.0 Å². The summed E-state index contributed by atoms with van der Waals surface area (Å²) in [4.78, 5) is 4.18. The van der Waals surface area contributed by atoms with Crippen molar-refractivity contribution in [2.24, 2.45) is 11.1 Å². The van der Waals surface area contributed by atoms with E-state index in [9.17, 15) is 0 Å². The van der Waals surface area contributed by atoms with Crippen LogP contribution < -0.4 is 11.1 Å². The number of nitrogens with two attached hydrogens (primary N) is 1. The SMILES string of the molecule is Cc1cc(NC2CC(N)C2(C)C)ccn1. The number of aryl methyl sites for hydroxylation is 1. The van der Waals surface area contributed by atoms with Crippen LogP contribution in [-0.2, 0) is 0 Å². The van der Waals surface area contributed by atoms with Gasteiger partial charge in [0.2, 0.25) is 0 Å². The van der Waals surface area contributed by atoms with Crippen LogP contribution >= 0.6 is 0 Å². The van der Waals surface area contributed by atoms with E-state index in [4.69, 9.17) is 5.73 Å². The van der Waals surface area contributed by atoms with Gasteiger partial charge >= 0.3 is 0 Å². The Kier molecular flexibility index (Phi) is 2.43. The van der Waals surface area contributed by atoms with Crippen molar-refractivity contribution in [2.45, 2.75) is 39.3 Å². The number of rotatable bonds is 2. The van der Waals surface area contributed by atoms with Gasteiger partial charge in [0.05, 0.1) is 0 Å². The molecule has 2 unspecified atom stereocenters. The largest absolute Gasteiger partial charge is 0.382 e. The van der Waals surface area contributed by atoms with Crippen LogP contribution in [0, 0.1) is 12.3 Å². The third-order valence-corrected chi connectivity index (χ3v) is 3.58. The van der Waals surface area contributed by atoms with Crippen molar-refractivity contribution in [3.8, 4) is 0 Å². The Hall–Kier alpha value is -1.09. The summed E-state index contributed by atoms with van der Waals surface area (Å²) in [6, 6.07) is 4.87. The molecule has 0 aliphatic heterocycles. The molecule has 0 spiro atoms. The van der Waals surface area contributed by atoms with Crippen LogP contribution in [0.5, 0.6) is 0 Å². The Balaban J connectivity index is 2.05. The number of pyridine rings is 1. The van der Waals surface area contributed by atoms with Gasteiger partial charge in [-0.25, -0.2) is 0 Å². The third-order valence-electron chi connectivity index (χ3n) is 3.58. The fourth-order valence-electron chi connectivity index (χ4n) is 2.04. The van der Waals surface area contributed by atoms with Gasteiger partial charge in [0, 0.05) is 35.1 Å². The maximum atomic E-state index is 5.98. The van der Waals surface area contributed by atoms with Crippen LogP contribution in [0.4, 0.5) is 5.69 Å². The molecule has 1 aliphatic rings. The van der Waals surface area contributed by atoms with E-state index in [-0.39, 0.29) is 5.41 Å². The van der Waals surface area contributed by atoms with Crippen LogP contribution in [-0.4, -0.2) is 17.1 Å². The fraction of sp³-hybridized carbons (Fsp3) is 0.583. The highest BCUT2D eigenvalue weighted by Crippen LogP contribution is 2.40. The first-order chi connectivity index (χ1) is 7.00. The van der Waals surface area contributed by atoms with Crippen molar-refractivity contribution in [1.82, 2.24) is 4.98 Å². The first kappa shape index (κ1) is 10.4. The van der Waals surface area contributed by atoms with Crippen molar-refractivity contribution in [1.29, 1.82) is 0 Å². The highest BCUT2D eigenvalue weighted by Gasteiger charge is 2.45. The third kappa shape index (κ3) is 1.84. The molecular weight excluding hydrogens is 186 g/mol. The molecule has 1 aromatic rings. The first-order valence-electron chi connectivity index (χ1n) is 5.45. The van der Waals surface area contributed by atoms with Crippen molar-refractivity contribution < 1.29 is 0 Å². The van der Waals surface area contributed by atoms with E-state index in [0.29, 0.717) is 12.1 Å². The lowest BCUT2D eigenvalue weighted by atomic mass is 9.63. The molecule has 0 bridgehead atoms. The van der Waals surface area contributed by atoms with Gasteiger partial charge in [0.25, 0.3) is 0 Å². The lowest BCUT2D eigenvalue weighted by molar-refractivity contribution is 0.117. The van der Waals surface area contributed by atoms with Crippen LogP contribution in [0.15, 0.2) is 18.3 Å². The van der Waals surface area contributed by atoms with Crippen LogP contribution in [0.25, 0.3) is 0 Å². The zero-order chi connectivity index (χ0) is 11.1. The molecule has 0 aromatic carbocycles. The van der Waals surface area contributed by atoms with Crippen molar-refractivity contribution in [2.75, 3.05) is 5.32 Å². The smallest absolute Gasteiger partial charge is 0.0393 e. The van der Waals surface area contributed by atoms with E-state index in [2.05, 4.69) is 30.2 Å². The second-order valence-corrected chi connectivity index (χ2v) is 5.05. The van der Waals surface area contributed by atoms with E-state index in [1.54, 1.807) is 0 Å². The molecule has 1 saturated carbocycles. The van der Waals surface area contributed by atoms with Gasteiger partial charge in [-0.05, 0) is 25.5 Å². The summed E-state index contributed by atoms with van der Waals surface area (Å²) in [5.74, 6) is 0. The van der Waals surface area contributed by atoms with Gasteiger partial charge in [0.1, 0.15) is 0 Å². The van der Waals surface area contributed by atoms with E-state index in [1.807, 2.05) is 19.2 Å². The monoisotopic (exact) mass is 205 g/mol. The molecule has 3 heteroatoms. The number of nitrogens with one attached hydrogen (secondary N) is 1. The summed E-state index contributed by atoms with van der Waals surface area (Å²) >= 11 is 0. The molecule has 0 radical (unpaired) electrons. The molecule has 82 valence electrons. The number of anilines is 1. The second-order valence-electron chi connectivity index (χ2n) is 5.05. The summed E-state index contributed by atoms with van der Waals surface area (Å²) in [5.41, 5.74) is 8.36. The van der Waals surface area contributed by atoms with Gasteiger partial charge in [-0.2, -0.15) is 0 Å². The zero-order valence-electron chi connectivity index (χ0n) is 9.62. The van der Waals surface area contributed by atoms with Gasteiger partial charge in [-0.3, -0.25) is 4.98 Å². The minimum atomic E-state index is 0.192. The molecule has 1 aromatic heterocycles. The van der Waals surface area contributed by atoms with Crippen LogP contribution in [0.2, 0.25) is 0 Å². The maximum absolute atomic E-state index is 5.98. The molecule has 2 atom stereocenters. The summed E-state index contributed by atoms with van der Waals surface area (Å²) < 4.78 is 0. The number of hydrogen-bond acceptors (Lipinski definition) is 3. The molecule has 1 aliphatic carbocycles. The molecule has 0 saturated heterocycles. The lowest BCUT2D eigenvalue weighted by Crippen LogP contribution is -2.61. The van der Waals surface area contributed by atoms with Gasteiger partial charge in [-0.15, -0.1) is 0 Å². The summed E-state index contributed by atoms with van der Waals surface area (Å²) in [7, 11) is 0. The molecular formula is C12H19N3. The van der Waals surface area contributed by atoms with Crippen LogP contribution in [0.3, 0.4) is 0 Å². The highest BCUT2D eigenvalue weighted by atomic mass is 15.0. The van der Waals surface area contributed by atoms with E-state index in [1.165, 1.54) is 0 Å². The molecule has 2 rings (SSSR count). The molecule has 1 heterocycles. The Morgan fingerprint density at radius 2 is 2.27 bits per heavy atom. The van der Waals surface area contributed by atoms with Crippen molar-refractivity contribution in [3.63, 3.8) is 0 Å². The van der Waals surface area contributed by atoms with Gasteiger partial charge in [0.15, 0.2) is 0 Å². The Morgan fingerprint density at radius 1 is 1.53 bits per heavy atom. The van der Waals surface area contributed by atoms with E-state index < -0.39 is 0 Å². The quantitative estimate of drug-likeness (QED) is 0.775. The first-order valence-corrected chi connectivity index (χ1v) is 5.45. The lowest BCUT2D eigenvalue weighted by Gasteiger charge is -2.51. The maximum Gasteiger partial charge on any atom is 0.0393 e. The number of nitrogens with zero attached hydrogens (tertiary/aromatic N) is 1. The van der Waals surface area contributed by atoms with E-state index >= 15 is 0 Å². The van der Waals surface area contributed by atoms with E-state index in [0.717, 1.165) is 17.8 Å². The van der Waals surface area contributed by atoms with Crippen molar-refractivity contribution >= 4 is 5.69 Å². The standard InChI is InChI=1S/C12H19N3/c1-8-6-9(4-5-14-8)15-11-7-10(13)12(11,2)3/h4-6,10-11H,7,13H2,1-3H3,(H,14,15). The summed E-state index contributed by atoms with van der Waals surface area (Å²) in [5, 5.41) is 3.52. The molecule has 0 amide bonds. The Bertz CT molecular complexity index is 360. The average Bonchev–Trinajstić information content (AvgIpc) is 2.17. The van der Waals surface area contributed by atoms with Gasteiger partial charge in [-0.1, -0.05) is 13.8 Å². The minimum absolute atomic E-state index is 0.192. The highest BCUT2D eigenvalue weighted by molar-refractivity contribution is 5.45. The summed E-state index contributed by atoms with van der Waals surface area (Å²) in [6.07, 6.45) is 2.89. The zero-order valence-corrected chi connectivity index (χ0v) is 9.62. The molecule has 3 N–H and O–H groups in total. The fourth-order valence-corrected chi connectivity index (χ4v) is 2.04. The average molecular weight is 205 g/mol. The summed E-state index contributed by atoms with van der Waals surface area (Å²) in [6.45, 7) is 6.43. The predicted molar refractivity (Wildman–Crippen MR) is 62.8 cm³/mol. The molecule has 15 heavy (non-hydrogen) atoms. The molecule has 3 nitrogen and oxygen atoms in total.